The summed E-state index contributed by atoms with van der Waals surface area (Å²) < 4.78 is 1.82. The average Bonchev–Trinajstić information content (AvgIpc) is 2.77. The van der Waals surface area contributed by atoms with E-state index in [9.17, 15) is 0 Å². The van der Waals surface area contributed by atoms with Crippen LogP contribution >= 0.6 is 0 Å². The van der Waals surface area contributed by atoms with E-state index in [4.69, 9.17) is 5.73 Å². The zero-order chi connectivity index (χ0) is 13.8. The lowest BCUT2D eigenvalue weighted by Crippen LogP contribution is -2.31. The van der Waals surface area contributed by atoms with Gasteiger partial charge in [-0.15, -0.1) is 0 Å². The van der Waals surface area contributed by atoms with E-state index in [0.717, 1.165) is 24.6 Å². The van der Waals surface area contributed by atoms with Gasteiger partial charge in [0, 0.05) is 25.3 Å². The molecule has 1 aromatic carbocycles. The summed E-state index contributed by atoms with van der Waals surface area (Å²) in [6.07, 6.45) is 1.59. The summed E-state index contributed by atoms with van der Waals surface area (Å²) in [6.45, 7) is 6.05. The molecule has 1 aromatic heterocycles. The van der Waals surface area contributed by atoms with Crippen LogP contribution in [0.5, 0.6) is 0 Å². The van der Waals surface area contributed by atoms with E-state index in [1.54, 1.807) is 6.33 Å². The Kier molecular flexibility index (Phi) is 4.16. The van der Waals surface area contributed by atoms with Crippen LogP contribution in [0.4, 0.5) is 5.69 Å². The lowest BCUT2D eigenvalue weighted by molar-refractivity contribution is 0.196. The summed E-state index contributed by atoms with van der Waals surface area (Å²) in [4.78, 5) is 6.64. The second-order valence-corrected chi connectivity index (χ2v) is 5.04. The van der Waals surface area contributed by atoms with Crippen LogP contribution in [0.1, 0.15) is 25.2 Å². The molecule has 0 aliphatic carbocycles. The predicted octanol–water partition coefficient (Wildman–Crippen LogP) is 1.81. The van der Waals surface area contributed by atoms with Gasteiger partial charge in [0.1, 0.15) is 12.2 Å². The van der Waals surface area contributed by atoms with Gasteiger partial charge >= 0.3 is 0 Å². The third-order valence-electron chi connectivity index (χ3n) is 3.25. The summed E-state index contributed by atoms with van der Waals surface area (Å²) in [5, 5.41) is 4.11. The second-order valence-electron chi connectivity index (χ2n) is 5.04. The van der Waals surface area contributed by atoms with E-state index in [1.165, 1.54) is 5.56 Å². The van der Waals surface area contributed by atoms with Gasteiger partial charge in [-0.25, -0.2) is 4.98 Å². The van der Waals surface area contributed by atoms with Crippen LogP contribution < -0.4 is 5.73 Å². The number of benzene rings is 1. The molecule has 0 atom stereocenters. The molecule has 19 heavy (non-hydrogen) atoms. The Morgan fingerprint density at radius 3 is 2.42 bits per heavy atom. The maximum Gasteiger partial charge on any atom is 0.140 e. The molecule has 5 heteroatoms. The Bertz CT molecular complexity index is 515. The maximum atomic E-state index is 5.71. The third kappa shape index (κ3) is 3.54. The largest absolute Gasteiger partial charge is 0.399 e. The molecule has 0 saturated carbocycles. The molecule has 0 radical (unpaired) electrons. The number of anilines is 1. The fourth-order valence-electron chi connectivity index (χ4n) is 1.92. The van der Waals surface area contributed by atoms with Gasteiger partial charge in [0.2, 0.25) is 0 Å². The van der Waals surface area contributed by atoms with Crippen LogP contribution in [-0.4, -0.2) is 25.7 Å². The van der Waals surface area contributed by atoms with Gasteiger partial charge in [0.05, 0.1) is 6.54 Å². The van der Waals surface area contributed by atoms with E-state index in [1.807, 2.05) is 23.9 Å². The summed E-state index contributed by atoms with van der Waals surface area (Å²) in [6, 6.07) is 8.46. The standard InChI is InChI=1S/C14H21N5/c1-11(2)19(9-14-16-10-17-18(14)3)8-12-4-6-13(15)7-5-12/h4-7,10-11H,8-9,15H2,1-3H3. The van der Waals surface area contributed by atoms with E-state index in [-0.39, 0.29) is 0 Å². The topological polar surface area (TPSA) is 60.0 Å². The molecule has 2 N–H and O–H groups in total. The first-order valence-corrected chi connectivity index (χ1v) is 6.47. The first-order valence-electron chi connectivity index (χ1n) is 6.47. The predicted molar refractivity (Wildman–Crippen MR) is 76.2 cm³/mol. The highest BCUT2D eigenvalue weighted by Crippen LogP contribution is 2.13. The molecular formula is C14H21N5. The maximum absolute atomic E-state index is 5.71. The first-order chi connectivity index (χ1) is 9.06. The minimum Gasteiger partial charge on any atom is -0.399 e. The van der Waals surface area contributed by atoms with Gasteiger partial charge in [-0.3, -0.25) is 9.58 Å². The molecule has 0 spiro atoms. The Balaban J connectivity index is 2.08. The normalized spacial score (nSPS) is 11.4. The SMILES string of the molecule is CC(C)N(Cc1ccc(N)cc1)Cc1ncnn1C. The van der Waals surface area contributed by atoms with Gasteiger partial charge < -0.3 is 5.73 Å². The number of hydrogen-bond donors (Lipinski definition) is 1. The number of aromatic nitrogens is 3. The minimum atomic E-state index is 0.439. The van der Waals surface area contributed by atoms with E-state index in [0.29, 0.717) is 6.04 Å². The van der Waals surface area contributed by atoms with Gasteiger partial charge in [0.25, 0.3) is 0 Å². The minimum absolute atomic E-state index is 0.439. The van der Waals surface area contributed by atoms with Crippen molar-refractivity contribution in [3.63, 3.8) is 0 Å². The molecule has 0 aliphatic rings. The van der Waals surface area contributed by atoms with E-state index < -0.39 is 0 Å². The Morgan fingerprint density at radius 1 is 1.21 bits per heavy atom. The van der Waals surface area contributed by atoms with Gasteiger partial charge in [0.15, 0.2) is 0 Å². The van der Waals surface area contributed by atoms with Gasteiger partial charge in [-0.05, 0) is 31.5 Å². The zero-order valence-electron chi connectivity index (χ0n) is 11.7. The van der Waals surface area contributed by atoms with Crippen LogP contribution in [0.25, 0.3) is 0 Å². The fraction of sp³-hybridized carbons (Fsp3) is 0.429. The molecule has 1 heterocycles. The average molecular weight is 259 g/mol. The number of nitrogens with zero attached hydrogens (tertiary/aromatic N) is 4. The molecule has 2 aromatic rings. The van der Waals surface area contributed by atoms with Crippen LogP contribution in [0, 0.1) is 0 Å². The molecule has 0 saturated heterocycles. The molecule has 0 amide bonds. The Labute approximate surface area is 114 Å². The van der Waals surface area contributed by atoms with Gasteiger partial charge in [-0.1, -0.05) is 12.1 Å². The Hall–Kier alpha value is -1.88. The van der Waals surface area contributed by atoms with Crippen molar-refractivity contribution in [3.8, 4) is 0 Å². The van der Waals surface area contributed by atoms with Crippen LogP contribution in [0.3, 0.4) is 0 Å². The monoisotopic (exact) mass is 259 g/mol. The number of rotatable bonds is 5. The first kappa shape index (κ1) is 13.5. The fourth-order valence-corrected chi connectivity index (χ4v) is 1.92. The zero-order valence-corrected chi connectivity index (χ0v) is 11.7. The van der Waals surface area contributed by atoms with Crippen molar-refractivity contribution in [1.29, 1.82) is 0 Å². The highest BCUT2D eigenvalue weighted by Gasteiger charge is 2.13. The molecule has 2 rings (SSSR count). The van der Waals surface area contributed by atoms with E-state index in [2.05, 4.69) is 41.0 Å². The van der Waals surface area contributed by atoms with Crippen molar-refractivity contribution < 1.29 is 0 Å². The number of aryl methyl sites for hydroxylation is 1. The summed E-state index contributed by atoms with van der Waals surface area (Å²) in [7, 11) is 1.92. The lowest BCUT2D eigenvalue weighted by atomic mass is 10.1. The van der Waals surface area contributed by atoms with Crippen molar-refractivity contribution >= 4 is 5.69 Å². The quantitative estimate of drug-likeness (QED) is 0.832. The van der Waals surface area contributed by atoms with Crippen molar-refractivity contribution in [2.75, 3.05) is 5.73 Å². The third-order valence-corrected chi connectivity index (χ3v) is 3.25. The molecule has 0 aliphatic heterocycles. The summed E-state index contributed by atoms with van der Waals surface area (Å²) >= 11 is 0. The van der Waals surface area contributed by atoms with Crippen LogP contribution in [0.2, 0.25) is 0 Å². The van der Waals surface area contributed by atoms with Gasteiger partial charge in [-0.2, -0.15) is 5.10 Å². The van der Waals surface area contributed by atoms with Crippen molar-refractivity contribution in [1.82, 2.24) is 19.7 Å². The smallest absolute Gasteiger partial charge is 0.140 e. The Morgan fingerprint density at radius 2 is 1.89 bits per heavy atom. The van der Waals surface area contributed by atoms with Crippen molar-refractivity contribution in [2.24, 2.45) is 7.05 Å². The molecule has 0 unspecified atom stereocenters. The summed E-state index contributed by atoms with van der Waals surface area (Å²) in [5.74, 6) is 0.976. The van der Waals surface area contributed by atoms with E-state index >= 15 is 0 Å². The molecular weight excluding hydrogens is 238 g/mol. The van der Waals surface area contributed by atoms with Crippen LogP contribution in [0.15, 0.2) is 30.6 Å². The number of nitrogens with two attached hydrogens (primary N) is 1. The number of nitrogen functional groups attached to an aromatic ring is 1. The molecule has 102 valence electrons. The van der Waals surface area contributed by atoms with Crippen molar-refractivity contribution in [3.05, 3.63) is 42.0 Å². The van der Waals surface area contributed by atoms with Crippen LogP contribution in [-0.2, 0) is 20.1 Å². The molecule has 5 nitrogen and oxygen atoms in total. The second kappa shape index (κ2) is 5.84. The highest BCUT2D eigenvalue weighted by molar-refractivity contribution is 5.39. The highest BCUT2D eigenvalue weighted by atomic mass is 15.3. The lowest BCUT2D eigenvalue weighted by Gasteiger charge is -2.26. The number of hydrogen-bond acceptors (Lipinski definition) is 4. The molecule has 0 fully saturated rings. The summed E-state index contributed by atoms with van der Waals surface area (Å²) in [5.41, 5.74) is 7.77. The van der Waals surface area contributed by atoms with Crippen molar-refractivity contribution in [2.45, 2.75) is 33.0 Å². The molecule has 0 bridgehead atoms.